The summed E-state index contributed by atoms with van der Waals surface area (Å²) in [4.78, 5) is 13.8. The van der Waals surface area contributed by atoms with Crippen molar-refractivity contribution in [3.8, 4) is 5.75 Å². The molecule has 1 aromatic rings. The average molecular weight is 332 g/mol. The Bertz CT molecular complexity index is 644. The molecule has 1 amide bonds. The van der Waals surface area contributed by atoms with E-state index in [0.717, 1.165) is 5.56 Å². The number of carbonyl (C=O) groups excluding carboxylic acids is 1. The monoisotopic (exact) mass is 331 g/mol. The lowest BCUT2D eigenvalue weighted by molar-refractivity contribution is -0.133. The number of hydrogen-bond acceptors (Lipinski definition) is 4. The summed E-state index contributed by atoms with van der Waals surface area (Å²) in [6, 6.07) is 5.21. The summed E-state index contributed by atoms with van der Waals surface area (Å²) >= 11 is 5.96. The van der Waals surface area contributed by atoms with E-state index in [-0.39, 0.29) is 17.4 Å². The summed E-state index contributed by atoms with van der Waals surface area (Å²) in [6.07, 6.45) is 0.401. The number of amides is 1. The number of carbonyl (C=O) groups is 1. The lowest BCUT2D eigenvalue weighted by atomic mass is 10.1. The van der Waals surface area contributed by atoms with Crippen LogP contribution in [0.5, 0.6) is 5.75 Å². The molecule has 0 aromatic heterocycles. The number of sulfone groups is 1. The van der Waals surface area contributed by atoms with Gasteiger partial charge in [-0.3, -0.25) is 4.79 Å². The smallest absolute Gasteiger partial charge is 0.226 e. The third kappa shape index (κ3) is 3.89. The molecular weight excluding hydrogens is 314 g/mol. The molecule has 1 aliphatic heterocycles. The maximum Gasteiger partial charge on any atom is 0.226 e. The molecular formula is C14H18ClNO4S. The Balaban J connectivity index is 2.09. The standard InChI is InChI=1S/C14H18ClNO4S/c1-16(14(17)10-5-6-21(18,19)9-10)8-11-7-12(15)3-4-13(11)20-2/h3-4,7,10H,5-6,8-9H2,1-2H3/t10-/m0/s1. The van der Waals surface area contributed by atoms with E-state index in [2.05, 4.69) is 0 Å². The molecule has 1 heterocycles. The molecule has 0 unspecified atom stereocenters. The minimum Gasteiger partial charge on any atom is -0.496 e. The van der Waals surface area contributed by atoms with E-state index in [1.807, 2.05) is 0 Å². The summed E-state index contributed by atoms with van der Waals surface area (Å²) < 4.78 is 28.2. The molecule has 2 rings (SSSR count). The van der Waals surface area contributed by atoms with E-state index >= 15 is 0 Å². The van der Waals surface area contributed by atoms with Crippen molar-refractivity contribution < 1.29 is 17.9 Å². The SMILES string of the molecule is COc1ccc(Cl)cc1CN(C)C(=O)[C@H]1CCS(=O)(=O)C1. The van der Waals surface area contributed by atoms with Crippen molar-refractivity contribution in [1.82, 2.24) is 4.90 Å². The lowest BCUT2D eigenvalue weighted by Crippen LogP contribution is -2.33. The Kier molecular flexibility index (Phi) is 4.78. The Labute approximate surface area is 129 Å². The van der Waals surface area contributed by atoms with E-state index in [1.165, 1.54) is 4.90 Å². The highest BCUT2D eigenvalue weighted by molar-refractivity contribution is 7.91. The zero-order valence-electron chi connectivity index (χ0n) is 12.0. The fourth-order valence-electron chi connectivity index (χ4n) is 2.51. The van der Waals surface area contributed by atoms with Gasteiger partial charge in [-0.05, 0) is 24.6 Å². The van der Waals surface area contributed by atoms with Crippen molar-refractivity contribution in [3.05, 3.63) is 28.8 Å². The Morgan fingerprint density at radius 1 is 1.48 bits per heavy atom. The van der Waals surface area contributed by atoms with Crippen molar-refractivity contribution in [2.24, 2.45) is 5.92 Å². The Hall–Kier alpha value is -1.27. The Morgan fingerprint density at radius 2 is 2.19 bits per heavy atom. The number of rotatable bonds is 4. The van der Waals surface area contributed by atoms with Crippen LogP contribution in [0.15, 0.2) is 18.2 Å². The van der Waals surface area contributed by atoms with Gasteiger partial charge in [0.2, 0.25) is 5.91 Å². The van der Waals surface area contributed by atoms with Gasteiger partial charge in [0, 0.05) is 24.2 Å². The first kappa shape index (κ1) is 16.1. The quantitative estimate of drug-likeness (QED) is 0.843. The molecule has 1 aromatic carbocycles. The van der Waals surface area contributed by atoms with Gasteiger partial charge in [0.05, 0.1) is 24.5 Å². The van der Waals surface area contributed by atoms with Crippen LogP contribution in [0.1, 0.15) is 12.0 Å². The fourth-order valence-corrected chi connectivity index (χ4v) is 4.43. The van der Waals surface area contributed by atoms with Gasteiger partial charge < -0.3 is 9.64 Å². The van der Waals surface area contributed by atoms with E-state index in [9.17, 15) is 13.2 Å². The Morgan fingerprint density at radius 3 is 2.76 bits per heavy atom. The molecule has 1 saturated heterocycles. The number of halogens is 1. The van der Waals surface area contributed by atoms with Crippen LogP contribution in [-0.2, 0) is 21.2 Å². The molecule has 1 aliphatic rings. The number of methoxy groups -OCH3 is 1. The minimum atomic E-state index is -3.06. The minimum absolute atomic E-state index is 0.0527. The van der Waals surface area contributed by atoms with Crippen LogP contribution in [0.2, 0.25) is 5.02 Å². The van der Waals surface area contributed by atoms with Gasteiger partial charge >= 0.3 is 0 Å². The summed E-state index contributed by atoms with van der Waals surface area (Å²) in [5, 5.41) is 0.565. The first-order chi connectivity index (χ1) is 9.82. The molecule has 5 nitrogen and oxygen atoms in total. The topological polar surface area (TPSA) is 63.7 Å². The lowest BCUT2D eigenvalue weighted by Gasteiger charge is -2.21. The maximum atomic E-state index is 12.3. The molecule has 21 heavy (non-hydrogen) atoms. The van der Waals surface area contributed by atoms with Crippen molar-refractivity contribution in [1.29, 1.82) is 0 Å². The zero-order valence-corrected chi connectivity index (χ0v) is 13.6. The predicted molar refractivity (Wildman–Crippen MR) is 81.2 cm³/mol. The molecule has 0 saturated carbocycles. The average Bonchev–Trinajstić information content (AvgIpc) is 2.78. The van der Waals surface area contributed by atoms with Crippen LogP contribution >= 0.6 is 11.6 Å². The van der Waals surface area contributed by atoms with Crippen molar-refractivity contribution in [2.45, 2.75) is 13.0 Å². The molecule has 0 N–H and O–H groups in total. The van der Waals surface area contributed by atoms with Crippen molar-refractivity contribution in [2.75, 3.05) is 25.7 Å². The van der Waals surface area contributed by atoms with Crippen LogP contribution < -0.4 is 4.74 Å². The van der Waals surface area contributed by atoms with Crippen LogP contribution in [0.25, 0.3) is 0 Å². The highest BCUT2D eigenvalue weighted by Gasteiger charge is 2.34. The second-order valence-electron chi connectivity index (χ2n) is 5.25. The fraction of sp³-hybridized carbons (Fsp3) is 0.500. The summed E-state index contributed by atoms with van der Waals surface area (Å²) in [5.74, 6) is 0.0991. The van der Waals surface area contributed by atoms with Crippen molar-refractivity contribution in [3.63, 3.8) is 0 Å². The van der Waals surface area contributed by atoms with Crippen molar-refractivity contribution >= 4 is 27.3 Å². The molecule has 0 radical (unpaired) electrons. The van der Waals surface area contributed by atoms with E-state index in [0.29, 0.717) is 23.7 Å². The number of hydrogen-bond donors (Lipinski definition) is 0. The van der Waals surface area contributed by atoms with Crippen LogP contribution in [0.3, 0.4) is 0 Å². The number of benzene rings is 1. The molecule has 1 fully saturated rings. The second-order valence-corrected chi connectivity index (χ2v) is 7.92. The van der Waals surface area contributed by atoms with Crippen LogP contribution in [0.4, 0.5) is 0 Å². The summed E-state index contributed by atoms with van der Waals surface area (Å²) in [7, 11) is 0.154. The largest absolute Gasteiger partial charge is 0.496 e. The molecule has 7 heteroatoms. The van der Waals surface area contributed by atoms with E-state index < -0.39 is 15.8 Å². The van der Waals surface area contributed by atoms with Gasteiger partial charge in [0.15, 0.2) is 9.84 Å². The third-order valence-electron chi connectivity index (χ3n) is 3.61. The predicted octanol–water partition coefficient (Wildman–Crippen LogP) is 1.74. The molecule has 116 valence electrons. The van der Waals surface area contributed by atoms with Gasteiger partial charge in [-0.1, -0.05) is 11.6 Å². The van der Waals surface area contributed by atoms with Crippen LogP contribution in [-0.4, -0.2) is 44.9 Å². The number of nitrogens with zero attached hydrogens (tertiary/aromatic N) is 1. The highest BCUT2D eigenvalue weighted by atomic mass is 35.5. The number of ether oxygens (including phenoxy) is 1. The molecule has 1 atom stereocenters. The molecule has 0 aliphatic carbocycles. The summed E-state index contributed by atoms with van der Waals surface area (Å²) in [5.41, 5.74) is 0.793. The van der Waals surface area contributed by atoms with Gasteiger partial charge in [-0.2, -0.15) is 0 Å². The first-order valence-electron chi connectivity index (χ1n) is 6.60. The third-order valence-corrected chi connectivity index (χ3v) is 5.61. The normalized spacial score (nSPS) is 20.2. The maximum absolute atomic E-state index is 12.3. The summed E-state index contributed by atoms with van der Waals surface area (Å²) in [6.45, 7) is 0.332. The molecule has 0 bridgehead atoms. The van der Waals surface area contributed by atoms with E-state index in [4.69, 9.17) is 16.3 Å². The van der Waals surface area contributed by atoms with E-state index in [1.54, 1.807) is 32.4 Å². The van der Waals surface area contributed by atoms with Gasteiger partial charge in [0.1, 0.15) is 5.75 Å². The highest BCUT2D eigenvalue weighted by Crippen LogP contribution is 2.25. The van der Waals surface area contributed by atoms with Gasteiger partial charge in [0.25, 0.3) is 0 Å². The van der Waals surface area contributed by atoms with Crippen LogP contribution in [0, 0.1) is 5.92 Å². The molecule has 0 spiro atoms. The van der Waals surface area contributed by atoms with Gasteiger partial charge in [-0.15, -0.1) is 0 Å². The second kappa shape index (κ2) is 6.23. The zero-order chi connectivity index (χ0) is 15.6. The first-order valence-corrected chi connectivity index (χ1v) is 8.80. The van der Waals surface area contributed by atoms with Gasteiger partial charge in [-0.25, -0.2) is 8.42 Å².